The predicted octanol–water partition coefficient (Wildman–Crippen LogP) is 3.35. The van der Waals surface area contributed by atoms with Gasteiger partial charge in [-0.2, -0.15) is 0 Å². The minimum absolute atomic E-state index is 0.868. The van der Waals surface area contributed by atoms with Gasteiger partial charge in [-0.05, 0) is 78.9 Å². The number of hydrogen-bond acceptors (Lipinski definition) is 0. The zero-order valence-corrected chi connectivity index (χ0v) is 11.1. The van der Waals surface area contributed by atoms with E-state index in [1.54, 1.807) is 25.7 Å². The Hall–Kier alpha value is 0.730. The van der Waals surface area contributed by atoms with Crippen LogP contribution in [0.2, 0.25) is 0 Å². The van der Waals surface area contributed by atoms with E-state index in [2.05, 4.69) is 22.6 Å². The third kappa shape index (κ3) is 0.505. The van der Waals surface area contributed by atoms with Crippen molar-refractivity contribution in [1.29, 1.82) is 0 Å². The highest BCUT2D eigenvalue weighted by Gasteiger charge is 2.88. The number of halogens is 1. The summed E-state index contributed by atoms with van der Waals surface area (Å²) in [4.78, 5) is 0. The SMILES string of the molecule is IC12C3CCC3C1C1C3C4CCC4C3C12. The lowest BCUT2D eigenvalue weighted by Crippen LogP contribution is -2.90. The Morgan fingerprint density at radius 3 is 2.13 bits per heavy atom. The van der Waals surface area contributed by atoms with Crippen molar-refractivity contribution in [2.24, 2.45) is 53.3 Å². The van der Waals surface area contributed by atoms with Crippen molar-refractivity contribution in [3.05, 3.63) is 0 Å². The molecule has 6 saturated carbocycles. The van der Waals surface area contributed by atoms with Crippen molar-refractivity contribution in [1.82, 2.24) is 0 Å². The third-order valence-corrected chi connectivity index (χ3v) is 10.1. The third-order valence-electron chi connectivity index (χ3n) is 7.88. The first-order chi connectivity index (χ1) is 7.33. The van der Waals surface area contributed by atoms with E-state index in [-0.39, 0.29) is 0 Å². The molecular formula is C14H17I. The second-order valence-electron chi connectivity index (χ2n) is 7.36. The van der Waals surface area contributed by atoms with E-state index in [1.807, 2.05) is 0 Å². The van der Waals surface area contributed by atoms with Crippen LogP contribution in [-0.4, -0.2) is 3.42 Å². The van der Waals surface area contributed by atoms with Gasteiger partial charge in [0.05, 0.1) is 0 Å². The van der Waals surface area contributed by atoms with Crippen LogP contribution in [-0.2, 0) is 0 Å². The van der Waals surface area contributed by atoms with Crippen LogP contribution < -0.4 is 0 Å². The van der Waals surface area contributed by atoms with Crippen LogP contribution >= 0.6 is 22.6 Å². The second kappa shape index (κ2) is 1.95. The molecule has 0 aromatic rings. The van der Waals surface area contributed by atoms with E-state index < -0.39 is 0 Å². The summed E-state index contributed by atoms with van der Waals surface area (Å²) in [6.45, 7) is 0. The molecule has 0 amide bonds. The summed E-state index contributed by atoms with van der Waals surface area (Å²) in [6.07, 6.45) is 6.43. The quantitative estimate of drug-likeness (QED) is 0.366. The van der Waals surface area contributed by atoms with Crippen LogP contribution in [0.25, 0.3) is 0 Å². The zero-order valence-electron chi connectivity index (χ0n) is 8.90. The average Bonchev–Trinajstić information content (AvgIpc) is 2.12. The molecule has 0 nitrogen and oxygen atoms in total. The standard InChI is InChI=1S/C14H17I/c15-14-8-4-3-7(8)12(14)11-9-5-1-2-6(5)10(9)13(11)14/h5-13H,1-4H2. The molecule has 0 bridgehead atoms. The number of hydrogen-bond donors (Lipinski definition) is 0. The molecule has 0 N–H and O–H groups in total. The maximum absolute atomic E-state index is 2.93. The van der Waals surface area contributed by atoms with Crippen LogP contribution in [0.1, 0.15) is 25.7 Å². The minimum atomic E-state index is 0.868. The predicted molar refractivity (Wildman–Crippen MR) is 66.6 cm³/mol. The Bertz CT molecular complexity index is 391. The van der Waals surface area contributed by atoms with Gasteiger partial charge in [0.2, 0.25) is 0 Å². The maximum atomic E-state index is 2.93. The summed E-state index contributed by atoms with van der Waals surface area (Å²) >= 11 is 2.93. The average molecular weight is 312 g/mol. The van der Waals surface area contributed by atoms with Crippen LogP contribution in [0.4, 0.5) is 0 Å². The molecule has 6 rings (SSSR count). The highest BCUT2D eigenvalue weighted by molar-refractivity contribution is 14.1. The summed E-state index contributed by atoms with van der Waals surface area (Å²) in [5.74, 6) is 11.1. The number of alkyl halides is 1. The highest BCUT2D eigenvalue weighted by atomic mass is 127. The van der Waals surface area contributed by atoms with Crippen LogP contribution in [0, 0.1) is 53.3 Å². The van der Waals surface area contributed by atoms with Crippen LogP contribution in [0.5, 0.6) is 0 Å². The molecule has 0 aliphatic heterocycles. The summed E-state index contributed by atoms with van der Waals surface area (Å²) < 4.78 is 0.868. The molecule has 0 heterocycles. The lowest BCUT2D eigenvalue weighted by Gasteiger charge is -2.91. The molecule has 6 fully saturated rings. The largest absolute Gasteiger partial charge is 0.0779 e. The van der Waals surface area contributed by atoms with E-state index in [4.69, 9.17) is 0 Å². The molecule has 6 aliphatic carbocycles. The van der Waals surface area contributed by atoms with Gasteiger partial charge in [-0.15, -0.1) is 0 Å². The van der Waals surface area contributed by atoms with Crippen molar-refractivity contribution >= 4 is 22.6 Å². The van der Waals surface area contributed by atoms with Crippen LogP contribution in [0.15, 0.2) is 0 Å². The van der Waals surface area contributed by atoms with Crippen molar-refractivity contribution in [3.8, 4) is 0 Å². The molecular weight excluding hydrogens is 295 g/mol. The molecule has 80 valence electrons. The lowest BCUT2D eigenvalue weighted by atomic mass is 9.16. The molecule has 0 saturated heterocycles. The van der Waals surface area contributed by atoms with Gasteiger partial charge in [-0.1, -0.05) is 22.6 Å². The smallest absolute Gasteiger partial charge is 0.0320 e. The molecule has 10 atom stereocenters. The number of fused-ring (bicyclic) bond motifs is 13. The first-order valence-corrected chi connectivity index (χ1v) is 8.10. The molecule has 15 heavy (non-hydrogen) atoms. The van der Waals surface area contributed by atoms with Gasteiger partial charge in [0.15, 0.2) is 0 Å². The number of rotatable bonds is 0. The van der Waals surface area contributed by atoms with Crippen molar-refractivity contribution in [2.45, 2.75) is 29.1 Å². The summed E-state index contributed by atoms with van der Waals surface area (Å²) in [7, 11) is 0. The highest BCUT2D eigenvalue weighted by Crippen LogP contribution is 2.90. The molecule has 0 spiro atoms. The van der Waals surface area contributed by atoms with E-state index in [9.17, 15) is 0 Å². The Balaban J connectivity index is 1.43. The monoisotopic (exact) mass is 312 g/mol. The maximum Gasteiger partial charge on any atom is 0.0320 e. The molecule has 0 radical (unpaired) electrons. The van der Waals surface area contributed by atoms with Gasteiger partial charge in [0.1, 0.15) is 0 Å². The Labute approximate surface area is 105 Å². The van der Waals surface area contributed by atoms with E-state index in [1.165, 1.54) is 53.3 Å². The van der Waals surface area contributed by atoms with Gasteiger partial charge >= 0.3 is 0 Å². The minimum Gasteiger partial charge on any atom is -0.0779 e. The summed E-state index contributed by atoms with van der Waals surface area (Å²) in [6, 6.07) is 0. The molecule has 10 unspecified atom stereocenters. The lowest BCUT2D eigenvalue weighted by molar-refractivity contribution is -0.386. The molecule has 0 aromatic carbocycles. The van der Waals surface area contributed by atoms with Crippen LogP contribution in [0.3, 0.4) is 0 Å². The summed E-state index contributed by atoms with van der Waals surface area (Å²) in [5, 5.41) is 0. The fraction of sp³-hybridized carbons (Fsp3) is 1.00. The van der Waals surface area contributed by atoms with Crippen molar-refractivity contribution in [2.75, 3.05) is 0 Å². The Morgan fingerprint density at radius 2 is 1.47 bits per heavy atom. The first kappa shape index (κ1) is 7.94. The second-order valence-corrected chi connectivity index (χ2v) is 9.23. The van der Waals surface area contributed by atoms with E-state index >= 15 is 0 Å². The fourth-order valence-corrected chi connectivity index (χ4v) is 9.76. The van der Waals surface area contributed by atoms with Gasteiger partial charge in [-0.3, -0.25) is 0 Å². The molecule has 6 aliphatic rings. The van der Waals surface area contributed by atoms with Gasteiger partial charge in [-0.25, -0.2) is 0 Å². The Kier molecular flexibility index (Phi) is 1.03. The molecule has 1 heteroatoms. The van der Waals surface area contributed by atoms with Gasteiger partial charge in [0.25, 0.3) is 0 Å². The fourth-order valence-electron chi connectivity index (χ4n) is 7.28. The first-order valence-electron chi connectivity index (χ1n) is 7.02. The Morgan fingerprint density at radius 1 is 0.733 bits per heavy atom. The zero-order chi connectivity index (χ0) is 9.52. The van der Waals surface area contributed by atoms with Crippen molar-refractivity contribution < 1.29 is 0 Å². The van der Waals surface area contributed by atoms with Gasteiger partial charge in [0, 0.05) is 3.42 Å². The molecule has 0 aromatic heterocycles. The van der Waals surface area contributed by atoms with E-state index in [0.29, 0.717) is 0 Å². The van der Waals surface area contributed by atoms with Gasteiger partial charge < -0.3 is 0 Å². The summed E-state index contributed by atoms with van der Waals surface area (Å²) in [5.41, 5.74) is 0. The topological polar surface area (TPSA) is 0 Å². The van der Waals surface area contributed by atoms with E-state index in [0.717, 1.165) is 3.42 Å². The van der Waals surface area contributed by atoms with Crippen molar-refractivity contribution in [3.63, 3.8) is 0 Å². The normalized spacial score (nSPS) is 84.2.